The smallest absolute Gasteiger partial charge is 0.323 e. The molecule has 2 amide bonds. The van der Waals surface area contributed by atoms with Gasteiger partial charge in [-0.2, -0.15) is 0 Å². The molecule has 1 aromatic carbocycles. The van der Waals surface area contributed by atoms with Crippen molar-refractivity contribution in [2.75, 3.05) is 18.4 Å². The van der Waals surface area contributed by atoms with Crippen molar-refractivity contribution in [3.8, 4) is 0 Å². The molecule has 2 unspecified atom stereocenters. The summed E-state index contributed by atoms with van der Waals surface area (Å²) in [5.74, 6) is -0.286. The van der Waals surface area contributed by atoms with E-state index in [9.17, 15) is 9.18 Å². The molecule has 2 atom stereocenters. The first kappa shape index (κ1) is 14.9. The molecule has 2 aromatic rings. The normalized spacial score (nSPS) is 21.6. The van der Waals surface area contributed by atoms with Gasteiger partial charge in [-0.1, -0.05) is 12.1 Å². The first-order valence-electron chi connectivity index (χ1n) is 6.98. The van der Waals surface area contributed by atoms with Gasteiger partial charge in [-0.3, -0.25) is 5.32 Å². The zero-order valence-electron chi connectivity index (χ0n) is 12.0. The van der Waals surface area contributed by atoms with E-state index < -0.39 is 0 Å². The van der Waals surface area contributed by atoms with Gasteiger partial charge in [0.2, 0.25) is 0 Å². The Morgan fingerprint density at radius 1 is 1.41 bits per heavy atom. The Hall–Kier alpha value is -1.99. The van der Waals surface area contributed by atoms with Crippen LogP contribution in [0.1, 0.15) is 18.6 Å². The highest BCUT2D eigenvalue weighted by Gasteiger charge is 2.29. The number of ether oxygens (including phenoxy) is 1. The molecule has 0 saturated carbocycles. The number of anilines is 1. The van der Waals surface area contributed by atoms with Crippen LogP contribution in [0.5, 0.6) is 0 Å². The van der Waals surface area contributed by atoms with Crippen molar-refractivity contribution in [1.29, 1.82) is 0 Å². The van der Waals surface area contributed by atoms with E-state index >= 15 is 0 Å². The number of nitrogens with one attached hydrogen (secondary N) is 1. The molecule has 1 aliphatic rings. The Morgan fingerprint density at radius 2 is 2.18 bits per heavy atom. The Kier molecular flexibility index (Phi) is 4.35. The maximum Gasteiger partial charge on any atom is 0.323 e. The van der Waals surface area contributed by atoms with E-state index in [-0.39, 0.29) is 24.1 Å². The first-order valence-corrected chi connectivity index (χ1v) is 7.86. The monoisotopic (exact) mass is 321 g/mol. The van der Waals surface area contributed by atoms with Crippen LogP contribution in [0, 0.1) is 5.82 Å². The van der Waals surface area contributed by atoms with Crippen molar-refractivity contribution < 1.29 is 13.9 Å². The number of amides is 2. The maximum absolute atomic E-state index is 13.0. The predicted octanol–water partition coefficient (Wildman–Crippen LogP) is 3.28. The minimum atomic E-state index is -0.286. The number of urea groups is 1. The summed E-state index contributed by atoms with van der Waals surface area (Å²) in [6.45, 7) is 2.85. The summed E-state index contributed by atoms with van der Waals surface area (Å²) in [5, 5.41) is 5.15. The molecule has 0 bridgehead atoms. The van der Waals surface area contributed by atoms with E-state index in [1.807, 2.05) is 6.92 Å². The number of benzene rings is 1. The van der Waals surface area contributed by atoms with Crippen LogP contribution in [-0.2, 0) is 4.74 Å². The molecule has 1 aliphatic heterocycles. The van der Waals surface area contributed by atoms with Crippen LogP contribution in [0.25, 0.3) is 0 Å². The number of morpholine rings is 1. The number of carbonyl (C=O) groups is 1. The highest BCUT2D eigenvalue weighted by atomic mass is 32.1. The standard InChI is InChI=1S/C15H16FN3O2S/c1-10-8-19(15(20)18-14-17-6-7-22-14)9-13(21-10)11-2-4-12(16)5-3-11/h2-7,10,13H,8-9H2,1H3,(H,17,18,20). The van der Waals surface area contributed by atoms with Crippen LogP contribution >= 0.6 is 11.3 Å². The summed E-state index contributed by atoms with van der Waals surface area (Å²) in [5.41, 5.74) is 0.861. The Labute approximate surface area is 131 Å². The molecule has 5 nitrogen and oxygen atoms in total. The number of hydrogen-bond donors (Lipinski definition) is 1. The molecule has 2 heterocycles. The van der Waals surface area contributed by atoms with Gasteiger partial charge in [0, 0.05) is 18.1 Å². The molecule has 0 aliphatic carbocycles. The number of rotatable bonds is 2. The van der Waals surface area contributed by atoms with Gasteiger partial charge in [0.05, 0.1) is 12.6 Å². The van der Waals surface area contributed by atoms with Crippen LogP contribution in [0.4, 0.5) is 14.3 Å². The highest BCUT2D eigenvalue weighted by Crippen LogP contribution is 2.26. The summed E-state index contributed by atoms with van der Waals surface area (Å²) >= 11 is 1.37. The molecule has 1 fully saturated rings. The average molecular weight is 321 g/mol. The molecule has 1 saturated heterocycles. The molecule has 3 rings (SSSR count). The maximum atomic E-state index is 13.0. The minimum absolute atomic E-state index is 0.0918. The lowest BCUT2D eigenvalue weighted by atomic mass is 10.1. The molecule has 22 heavy (non-hydrogen) atoms. The van der Waals surface area contributed by atoms with Gasteiger partial charge in [0.1, 0.15) is 11.9 Å². The van der Waals surface area contributed by atoms with E-state index in [1.54, 1.807) is 28.6 Å². The quantitative estimate of drug-likeness (QED) is 0.923. The van der Waals surface area contributed by atoms with Gasteiger partial charge < -0.3 is 9.64 Å². The fourth-order valence-corrected chi connectivity index (χ4v) is 2.95. The Balaban J connectivity index is 1.70. The molecule has 0 radical (unpaired) electrons. The van der Waals surface area contributed by atoms with Crippen molar-refractivity contribution >= 4 is 22.5 Å². The molecular formula is C15H16FN3O2S. The number of thiazole rings is 1. The molecule has 116 valence electrons. The van der Waals surface area contributed by atoms with Crippen molar-refractivity contribution in [2.24, 2.45) is 0 Å². The van der Waals surface area contributed by atoms with Crippen LogP contribution < -0.4 is 5.32 Å². The van der Waals surface area contributed by atoms with Crippen molar-refractivity contribution in [2.45, 2.75) is 19.1 Å². The zero-order chi connectivity index (χ0) is 15.5. The summed E-state index contributed by atoms with van der Waals surface area (Å²) in [6, 6.07) is 5.98. The van der Waals surface area contributed by atoms with Crippen LogP contribution in [-0.4, -0.2) is 35.1 Å². The third-order valence-corrected chi connectivity index (χ3v) is 4.12. The Bertz CT molecular complexity index is 633. The minimum Gasteiger partial charge on any atom is -0.367 e. The third-order valence-electron chi connectivity index (χ3n) is 3.44. The average Bonchev–Trinajstić information content (AvgIpc) is 3.00. The number of halogens is 1. The molecular weight excluding hydrogens is 305 g/mol. The summed E-state index contributed by atoms with van der Waals surface area (Å²) in [7, 11) is 0. The van der Waals surface area contributed by atoms with E-state index in [4.69, 9.17) is 4.74 Å². The predicted molar refractivity (Wildman–Crippen MR) is 82.4 cm³/mol. The van der Waals surface area contributed by atoms with E-state index in [0.29, 0.717) is 18.2 Å². The second kappa shape index (κ2) is 6.41. The lowest BCUT2D eigenvalue weighted by Crippen LogP contribution is -2.47. The van der Waals surface area contributed by atoms with Gasteiger partial charge in [-0.05, 0) is 24.6 Å². The number of aromatic nitrogens is 1. The van der Waals surface area contributed by atoms with Crippen molar-refractivity contribution in [3.05, 3.63) is 47.2 Å². The molecule has 1 N–H and O–H groups in total. The Morgan fingerprint density at radius 3 is 2.86 bits per heavy atom. The second-order valence-electron chi connectivity index (χ2n) is 5.16. The highest BCUT2D eigenvalue weighted by molar-refractivity contribution is 7.13. The van der Waals surface area contributed by atoms with Crippen molar-refractivity contribution in [1.82, 2.24) is 9.88 Å². The van der Waals surface area contributed by atoms with Gasteiger partial charge in [-0.15, -0.1) is 11.3 Å². The lowest BCUT2D eigenvalue weighted by Gasteiger charge is -2.36. The van der Waals surface area contributed by atoms with Gasteiger partial charge in [0.15, 0.2) is 5.13 Å². The van der Waals surface area contributed by atoms with E-state index in [2.05, 4.69) is 10.3 Å². The van der Waals surface area contributed by atoms with E-state index in [1.165, 1.54) is 23.5 Å². The van der Waals surface area contributed by atoms with Gasteiger partial charge in [-0.25, -0.2) is 14.2 Å². The van der Waals surface area contributed by atoms with E-state index in [0.717, 1.165) is 5.56 Å². The number of nitrogens with zero attached hydrogens (tertiary/aromatic N) is 2. The summed E-state index contributed by atoms with van der Waals surface area (Å²) < 4.78 is 18.9. The molecule has 0 spiro atoms. The van der Waals surface area contributed by atoms with Crippen LogP contribution in [0.3, 0.4) is 0 Å². The van der Waals surface area contributed by atoms with Crippen LogP contribution in [0.15, 0.2) is 35.8 Å². The SMILES string of the molecule is CC1CN(C(=O)Nc2nccs2)CC(c2ccc(F)cc2)O1. The fourth-order valence-electron chi connectivity index (χ4n) is 2.43. The second-order valence-corrected chi connectivity index (χ2v) is 6.05. The third kappa shape index (κ3) is 3.42. The summed E-state index contributed by atoms with van der Waals surface area (Å²) in [4.78, 5) is 18.0. The van der Waals surface area contributed by atoms with Crippen molar-refractivity contribution in [3.63, 3.8) is 0 Å². The zero-order valence-corrected chi connectivity index (χ0v) is 12.8. The fraction of sp³-hybridized carbons (Fsp3) is 0.333. The summed E-state index contributed by atoms with van der Waals surface area (Å²) in [6.07, 6.45) is 1.29. The lowest BCUT2D eigenvalue weighted by molar-refractivity contribution is -0.0642. The molecule has 1 aromatic heterocycles. The topological polar surface area (TPSA) is 54.5 Å². The largest absolute Gasteiger partial charge is 0.367 e. The number of hydrogen-bond acceptors (Lipinski definition) is 4. The van der Waals surface area contributed by atoms with Gasteiger partial charge in [0.25, 0.3) is 0 Å². The van der Waals surface area contributed by atoms with Gasteiger partial charge >= 0.3 is 6.03 Å². The van der Waals surface area contributed by atoms with Crippen LogP contribution in [0.2, 0.25) is 0 Å². The number of carbonyl (C=O) groups excluding carboxylic acids is 1. The molecule has 7 heteroatoms. The first-order chi connectivity index (χ1) is 10.6.